The number of aromatic nitrogens is 3. The lowest BCUT2D eigenvalue weighted by molar-refractivity contribution is 0.283. The fraction of sp³-hybridized carbons (Fsp3) is 0.0769. The molecule has 0 fully saturated rings. The molecular weight excluding hydrogens is 283 g/mol. The maximum absolute atomic E-state index is 13.1. The van der Waals surface area contributed by atoms with Crippen molar-refractivity contribution in [2.75, 3.05) is 5.32 Å². The van der Waals surface area contributed by atoms with Crippen LogP contribution in [-0.2, 0) is 6.61 Å². The SMILES string of the molecule is OCc1c[nH]c2ncnc(Nc3ccc(F)c(Cl)c3)c12. The van der Waals surface area contributed by atoms with E-state index in [0.717, 1.165) is 0 Å². The zero-order valence-corrected chi connectivity index (χ0v) is 10.9. The Morgan fingerprint density at radius 3 is 2.95 bits per heavy atom. The second-order valence-corrected chi connectivity index (χ2v) is 4.58. The lowest BCUT2D eigenvalue weighted by atomic mass is 10.2. The Morgan fingerprint density at radius 1 is 1.35 bits per heavy atom. The van der Waals surface area contributed by atoms with Gasteiger partial charge < -0.3 is 15.4 Å². The summed E-state index contributed by atoms with van der Waals surface area (Å²) in [5.74, 6) is 0.0331. The van der Waals surface area contributed by atoms with Crippen molar-refractivity contribution in [1.82, 2.24) is 15.0 Å². The molecule has 7 heteroatoms. The first kappa shape index (κ1) is 12.8. The molecule has 0 aliphatic carbocycles. The monoisotopic (exact) mass is 292 g/mol. The van der Waals surface area contributed by atoms with Crippen molar-refractivity contribution in [2.24, 2.45) is 0 Å². The Kier molecular flexibility index (Phi) is 3.25. The van der Waals surface area contributed by atoms with E-state index in [2.05, 4.69) is 20.3 Å². The van der Waals surface area contributed by atoms with Gasteiger partial charge in [0.1, 0.15) is 23.6 Å². The topological polar surface area (TPSA) is 73.8 Å². The molecule has 0 atom stereocenters. The van der Waals surface area contributed by atoms with E-state index in [1.54, 1.807) is 12.3 Å². The van der Waals surface area contributed by atoms with Gasteiger partial charge in [0, 0.05) is 17.4 Å². The maximum Gasteiger partial charge on any atom is 0.143 e. The summed E-state index contributed by atoms with van der Waals surface area (Å²) in [6.07, 6.45) is 3.07. The summed E-state index contributed by atoms with van der Waals surface area (Å²) < 4.78 is 13.1. The van der Waals surface area contributed by atoms with Gasteiger partial charge >= 0.3 is 0 Å². The maximum atomic E-state index is 13.1. The Balaban J connectivity index is 2.05. The van der Waals surface area contributed by atoms with Crippen LogP contribution in [0.3, 0.4) is 0 Å². The lowest BCUT2D eigenvalue weighted by Crippen LogP contribution is -1.97. The van der Waals surface area contributed by atoms with Crippen LogP contribution >= 0.6 is 11.6 Å². The van der Waals surface area contributed by atoms with Crippen LogP contribution in [0.5, 0.6) is 0 Å². The molecule has 3 aromatic rings. The Bertz CT molecular complexity index is 774. The molecule has 2 aromatic heterocycles. The van der Waals surface area contributed by atoms with E-state index in [0.29, 0.717) is 28.1 Å². The van der Waals surface area contributed by atoms with Crippen LogP contribution < -0.4 is 5.32 Å². The number of aliphatic hydroxyl groups excluding tert-OH is 1. The number of rotatable bonds is 3. The van der Waals surface area contributed by atoms with Gasteiger partial charge in [0.15, 0.2) is 0 Å². The number of fused-ring (bicyclic) bond motifs is 1. The number of anilines is 2. The Morgan fingerprint density at radius 2 is 2.20 bits per heavy atom. The van der Waals surface area contributed by atoms with E-state index < -0.39 is 5.82 Å². The smallest absolute Gasteiger partial charge is 0.143 e. The fourth-order valence-corrected chi connectivity index (χ4v) is 2.14. The van der Waals surface area contributed by atoms with Crippen molar-refractivity contribution in [2.45, 2.75) is 6.61 Å². The number of halogens is 2. The van der Waals surface area contributed by atoms with Crippen LogP contribution in [0.4, 0.5) is 15.9 Å². The first-order valence-corrected chi connectivity index (χ1v) is 6.20. The van der Waals surface area contributed by atoms with Gasteiger partial charge in [-0.2, -0.15) is 0 Å². The number of aliphatic hydroxyl groups is 1. The molecule has 0 spiro atoms. The fourth-order valence-electron chi connectivity index (χ4n) is 1.96. The third-order valence-corrected chi connectivity index (χ3v) is 3.19. The molecule has 0 unspecified atom stereocenters. The molecule has 0 saturated heterocycles. The van der Waals surface area contributed by atoms with Crippen molar-refractivity contribution < 1.29 is 9.50 Å². The highest BCUT2D eigenvalue weighted by Gasteiger charge is 2.11. The summed E-state index contributed by atoms with van der Waals surface area (Å²) >= 11 is 5.74. The first-order valence-electron chi connectivity index (χ1n) is 5.83. The number of nitrogens with zero attached hydrogens (tertiary/aromatic N) is 2. The summed E-state index contributed by atoms with van der Waals surface area (Å²) in [6, 6.07) is 4.30. The largest absolute Gasteiger partial charge is 0.392 e. The summed E-state index contributed by atoms with van der Waals surface area (Å²) in [5, 5.41) is 13.1. The Hall–Kier alpha value is -2.18. The number of aromatic amines is 1. The Labute approximate surface area is 118 Å². The van der Waals surface area contributed by atoms with Gasteiger partial charge in [0.25, 0.3) is 0 Å². The van der Waals surface area contributed by atoms with Gasteiger partial charge in [-0.25, -0.2) is 14.4 Å². The second-order valence-electron chi connectivity index (χ2n) is 4.17. The van der Waals surface area contributed by atoms with E-state index in [1.807, 2.05) is 0 Å². The van der Waals surface area contributed by atoms with E-state index in [-0.39, 0.29) is 11.6 Å². The molecule has 2 heterocycles. The van der Waals surface area contributed by atoms with Gasteiger partial charge in [0.2, 0.25) is 0 Å². The van der Waals surface area contributed by atoms with Crippen molar-refractivity contribution >= 4 is 34.1 Å². The van der Waals surface area contributed by atoms with Gasteiger partial charge in [0.05, 0.1) is 17.0 Å². The van der Waals surface area contributed by atoms with Crippen LogP contribution in [0.25, 0.3) is 11.0 Å². The van der Waals surface area contributed by atoms with Crippen LogP contribution in [0.15, 0.2) is 30.7 Å². The van der Waals surface area contributed by atoms with Crippen molar-refractivity contribution in [3.63, 3.8) is 0 Å². The predicted molar refractivity (Wildman–Crippen MR) is 74.5 cm³/mol. The number of benzene rings is 1. The van der Waals surface area contributed by atoms with Crippen molar-refractivity contribution in [3.05, 3.63) is 47.1 Å². The van der Waals surface area contributed by atoms with E-state index >= 15 is 0 Å². The zero-order valence-electron chi connectivity index (χ0n) is 10.2. The minimum absolute atomic E-state index is 0.0248. The average molecular weight is 293 g/mol. The molecule has 0 amide bonds. The zero-order chi connectivity index (χ0) is 14.1. The molecule has 0 aliphatic rings. The summed E-state index contributed by atoms with van der Waals surface area (Å²) in [5.41, 5.74) is 1.89. The lowest BCUT2D eigenvalue weighted by Gasteiger charge is -2.08. The molecule has 0 aliphatic heterocycles. The molecule has 0 bridgehead atoms. The molecule has 0 saturated carbocycles. The van der Waals surface area contributed by atoms with Crippen molar-refractivity contribution in [1.29, 1.82) is 0 Å². The van der Waals surface area contributed by atoms with Crippen LogP contribution in [0, 0.1) is 5.82 Å². The number of hydrogen-bond donors (Lipinski definition) is 3. The number of nitrogens with one attached hydrogen (secondary N) is 2. The highest BCUT2D eigenvalue weighted by Crippen LogP contribution is 2.27. The molecule has 5 nitrogen and oxygen atoms in total. The molecular formula is C13H10ClFN4O. The normalized spacial score (nSPS) is 10.9. The predicted octanol–water partition coefficient (Wildman–Crippen LogP) is 2.99. The number of H-pyrrole nitrogens is 1. The summed E-state index contributed by atoms with van der Waals surface area (Å²) in [7, 11) is 0. The summed E-state index contributed by atoms with van der Waals surface area (Å²) in [6.45, 7) is -0.133. The minimum Gasteiger partial charge on any atom is -0.392 e. The summed E-state index contributed by atoms with van der Waals surface area (Å²) in [4.78, 5) is 11.2. The molecule has 0 radical (unpaired) electrons. The van der Waals surface area contributed by atoms with Gasteiger partial charge in [-0.3, -0.25) is 0 Å². The van der Waals surface area contributed by atoms with Crippen LogP contribution in [0.1, 0.15) is 5.56 Å². The van der Waals surface area contributed by atoms with Gasteiger partial charge in [-0.15, -0.1) is 0 Å². The first-order chi connectivity index (χ1) is 9.69. The molecule has 20 heavy (non-hydrogen) atoms. The second kappa shape index (κ2) is 5.07. The standard InChI is InChI=1S/C13H10ClFN4O/c14-9-3-8(1-2-10(9)15)19-13-11-7(5-20)4-16-12(11)17-6-18-13/h1-4,6,20H,5H2,(H2,16,17,18,19). The molecule has 3 N–H and O–H groups in total. The highest BCUT2D eigenvalue weighted by molar-refractivity contribution is 6.31. The van der Waals surface area contributed by atoms with Gasteiger partial charge in [-0.1, -0.05) is 11.6 Å². The highest BCUT2D eigenvalue weighted by atomic mass is 35.5. The van der Waals surface area contributed by atoms with E-state index in [9.17, 15) is 9.50 Å². The average Bonchev–Trinajstić information content (AvgIpc) is 2.87. The number of hydrogen-bond acceptors (Lipinski definition) is 4. The van der Waals surface area contributed by atoms with Crippen LogP contribution in [-0.4, -0.2) is 20.1 Å². The molecule has 1 aromatic carbocycles. The van der Waals surface area contributed by atoms with Gasteiger partial charge in [-0.05, 0) is 18.2 Å². The minimum atomic E-state index is -0.484. The third kappa shape index (κ3) is 2.19. The molecule has 102 valence electrons. The third-order valence-electron chi connectivity index (χ3n) is 2.90. The molecule has 3 rings (SSSR count). The van der Waals surface area contributed by atoms with Crippen molar-refractivity contribution in [3.8, 4) is 0 Å². The van der Waals surface area contributed by atoms with Crippen LogP contribution in [0.2, 0.25) is 5.02 Å². The van der Waals surface area contributed by atoms with E-state index in [4.69, 9.17) is 11.6 Å². The van der Waals surface area contributed by atoms with E-state index in [1.165, 1.54) is 18.5 Å². The quantitative estimate of drug-likeness (QED) is 0.694.